The van der Waals surface area contributed by atoms with Crippen molar-refractivity contribution >= 4 is 11.6 Å². The van der Waals surface area contributed by atoms with Crippen molar-refractivity contribution in [2.45, 2.75) is 33.6 Å². The van der Waals surface area contributed by atoms with Crippen LogP contribution in [0.2, 0.25) is 0 Å². The summed E-state index contributed by atoms with van der Waals surface area (Å²) in [5, 5.41) is 20.3. The molecule has 0 heterocycles. The molecule has 0 amide bonds. The van der Waals surface area contributed by atoms with E-state index in [1.54, 1.807) is 13.8 Å². The van der Waals surface area contributed by atoms with Crippen molar-refractivity contribution in [1.82, 2.24) is 0 Å². The Morgan fingerprint density at radius 1 is 0.950 bits per heavy atom. The molecule has 0 fully saturated rings. The summed E-state index contributed by atoms with van der Waals surface area (Å²) in [6.45, 7) is 7.29. The molecule has 1 aliphatic carbocycles. The summed E-state index contributed by atoms with van der Waals surface area (Å²) in [4.78, 5) is 24.6. The van der Waals surface area contributed by atoms with Gasteiger partial charge in [0.1, 0.15) is 11.5 Å². The van der Waals surface area contributed by atoms with E-state index in [9.17, 15) is 19.8 Å². The maximum atomic E-state index is 12.4. The molecule has 0 saturated heterocycles. The summed E-state index contributed by atoms with van der Waals surface area (Å²) in [6, 6.07) is 1.37. The number of rotatable bonds is 2. The fourth-order valence-corrected chi connectivity index (χ4v) is 2.44. The van der Waals surface area contributed by atoms with Crippen molar-refractivity contribution in [1.29, 1.82) is 0 Å². The van der Waals surface area contributed by atoms with E-state index < -0.39 is 11.6 Å². The minimum atomic E-state index is -0.432. The van der Waals surface area contributed by atoms with E-state index in [2.05, 4.69) is 0 Å². The molecular formula is C16H18O4. The smallest absolute Gasteiger partial charge is 0.194 e. The Hall–Kier alpha value is -2.10. The molecule has 0 aliphatic heterocycles. The summed E-state index contributed by atoms with van der Waals surface area (Å²) in [5.41, 5.74) is 0.657. The molecule has 1 aromatic carbocycles. The Bertz CT molecular complexity index is 636. The second kappa shape index (κ2) is 4.78. The van der Waals surface area contributed by atoms with Crippen molar-refractivity contribution in [2.24, 2.45) is 5.92 Å². The predicted octanol–water partition coefficient (Wildman–Crippen LogP) is 3.18. The first-order valence-corrected chi connectivity index (χ1v) is 6.65. The average molecular weight is 274 g/mol. The molecule has 1 aliphatic rings. The summed E-state index contributed by atoms with van der Waals surface area (Å²) in [5.74, 6) is -1.46. The summed E-state index contributed by atoms with van der Waals surface area (Å²) in [7, 11) is 0. The number of fused-ring (bicyclic) bond motifs is 1. The first kappa shape index (κ1) is 14.3. The summed E-state index contributed by atoms with van der Waals surface area (Å²) < 4.78 is 0. The van der Waals surface area contributed by atoms with Gasteiger partial charge in [-0.15, -0.1) is 0 Å². The van der Waals surface area contributed by atoms with Gasteiger partial charge in [-0.3, -0.25) is 9.59 Å². The number of ketones is 2. The van der Waals surface area contributed by atoms with E-state index in [-0.39, 0.29) is 34.5 Å². The van der Waals surface area contributed by atoms with E-state index >= 15 is 0 Å². The number of allylic oxidation sites excluding steroid dienone is 2. The van der Waals surface area contributed by atoms with Gasteiger partial charge in [0.15, 0.2) is 11.6 Å². The zero-order chi connectivity index (χ0) is 15.2. The lowest BCUT2D eigenvalue weighted by Crippen LogP contribution is -2.21. The molecule has 4 nitrogen and oxygen atoms in total. The number of aromatic hydroxyl groups is 2. The minimum Gasteiger partial charge on any atom is -0.507 e. The minimum absolute atomic E-state index is 0.0652. The van der Waals surface area contributed by atoms with Crippen molar-refractivity contribution < 1.29 is 19.8 Å². The molecule has 0 aromatic heterocycles. The van der Waals surface area contributed by atoms with Crippen LogP contribution in [0.4, 0.5) is 0 Å². The third-order valence-corrected chi connectivity index (χ3v) is 3.57. The molecule has 2 N–H and O–H groups in total. The van der Waals surface area contributed by atoms with E-state index in [0.717, 1.165) is 0 Å². The normalized spacial score (nSPS) is 14.8. The van der Waals surface area contributed by atoms with E-state index in [4.69, 9.17) is 0 Å². The molecule has 0 spiro atoms. The number of phenolic OH excluding ortho intramolecular Hbond substituents is 2. The number of hydrogen-bond acceptors (Lipinski definition) is 4. The number of benzene rings is 1. The highest BCUT2D eigenvalue weighted by Gasteiger charge is 2.33. The van der Waals surface area contributed by atoms with E-state index in [1.165, 1.54) is 12.1 Å². The van der Waals surface area contributed by atoms with Crippen molar-refractivity contribution in [3.63, 3.8) is 0 Å². The average Bonchev–Trinajstić information content (AvgIpc) is 2.35. The third kappa shape index (κ3) is 2.01. The Morgan fingerprint density at radius 2 is 1.55 bits per heavy atom. The lowest BCUT2D eigenvalue weighted by atomic mass is 9.81. The lowest BCUT2D eigenvalue weighted by molar-refractivity contribution is 0.0971. The maximum absolute atomic E-state index is 12.4. The number of carbonyl (C=O) groups excluding carboxylic acids is 2. The molecule has 0 unspecified atom stereocenters. The molecule has 4 heteroatoms. The molecule has 20 heavy (non-hydrogen) atoms. The van der Waals surface area contributed by atoms with Gasteiger partial charge in [-0.1, -0.05) is 27.7 Å². The number of hydrogen-bond donors (Lipinski definition) is 2. The van der Waals surface area contributed by atoms with Gasteiger partial charge < -0.3 is 10.2 Å². The van der Waals surface area contributed by atoms with Crippen LogP contribution in [0.15, 0.2) is 17.7 Å². The first-order chi connectivity index (χ1) is 9.25. The van der Waals surface area contributed by atoms with Gasteiger partial charge in [-0.25, -0.2) is 0 Å². The van der Waals surface area contributed by atoms with Crippen LogP contribution in [0.5, 0.6) is 11.5 Å². The topological polar surface area (TPSA) is 74.6 Å². The van der Waals surface area contributed by atoms with Crippen LogP contribution in [-0.2, 0) is 0 Å². The van der Waals surface area contributed by atoms with E-state index in [0.29, 0.717) is 11.1 Å². The Morgan fingerprint density at radius 3 is 2.05 bits per heavy atom. The lowest BCUT2D eigenvalue weighted by Gasteiger charge is -2.21. The van der Waals surface area contributed by atoms with Gasteiger partial charge in [-0.05, 0) is 24.0 Å². The standard InChI is InChI=1S/C16H18O4/c1-7(2)9-5-11(17)14-13(15(9)19)12(18)6-10(8(3)4)16(14)20/h5-8,17,19H,1-4H3. The second-order valence-corrected chi connectivity index (χ2v) is 5.69. The van der Waals surface area contributed by atoms with Gasteiger partial charge in [0.2, 0.25) is 0 Å². The third-order valence-electron chi connectivity index (χ3n) is 3.57. The van der Waals surface area contributed by atoms with Gasteiger partial charge in [-0.2, -0.15) is 0 Å². The van der Waals surface area contributed by atoms with Crippen LogP contribution in [0.3, 0.4) is 0 Å². The summed E-state index contributed by atoms with van der Waals surface area (Å²) >= 11 is 0. The monoisotopic (exact) mass is 274 g/mol. The van der Waals surface area contributed by atoms with Crippen LogP contribution < -0.4 is 0 Å². The van der Waals surface area contributed by atoms with Crippen molar-refractivity contribution in [3.05, 3.63) is 34.4 Å². The first-order valence-electron chi connectivity index (χ1n) is 6.65. The molecule has 2 rings (SSSR count). The Kier molecular flexibility index (Phi) is 3.42. The zero-order valence-corrected chi connectivity index (χ0v) is 12.0. The number of Topliss-reactive ketones (excluding diaryl/α,β-unsaturated/α-hetero) is 1. The number of carbonyl (C=O) groups is 2. The highest BCUT2D eigenvalue weighted by molar-refractivity contribution is 6.26. The van der Waals surface area contributed by atoms with Crippen LogP contribution >= 0.6 is 0 Å². The molecule has 0 bridgehead atoms. The van der Waals surface area contributed by atoms with Crippen molar-refractivity contribution in [3.8, 4) is 11.5 Å². The second-order valence-electron chi connectivity index (χ2n) is 5.69. The van der Waals surface area contributed by atoms with Gasteiger partial charge >= 0.3 is 0 Å². The molecule has 1 aromatic rings. The predicted molar refractivity (Wildman–Crippen MR) is 75.4 cm³/mol. The molecule has 106 valence electrons. The van der Waals surface area contributed by atoms with Crippen LogP contribution in [0, 0.1) is 5.92 Å². The largest absolute Gasteiger partial charge is 0.507 e. The van der Waals surface area contributed by atoms with Gasteiger partial charge in [0.25, 0.3) is 0 Å². The zero-order valence-electron chi connectivity index (χ0n) is 12.0. The quantitative estimate of drug-likeness (QED) is 0.812. The highest BCUT2D eigenvalue weighted by Crippen LogP contribution is 2.41. The molecule has 0 atom stereocenters. The van der Waals surface area contributed by atoms with Crippen LogP contribution in [0.1, 0.15) is 59.9 Å². The highest BCUT2D eigenvalue weighted by atomic mass is 16.3. The van der Waals surface area contributed by atoms with E-state index in [1.807, 2.05) is 13.8 Å². The molecule has 0 radical (unpaired) electrons. The number of phenols is 2. The molecular weight excluding hydrogens is 256 g/mol. The summed E-state index contributed by atoms with van der Waals surface area (Å²) in [6.07, 6.45) is 1.26. The van der Waals surface area contributed by atoms with Gasteiger partial charge in [0.05, 0.1) is 11.1 Å². The Balaban J connectivity index is 2.76. The Labute approximate surface area is 117 Å². The van der Waals surface area contributed by atoms with Gasteiger partial charge in [0, 0.05) is 11.1 Å². The SMILES string of the molecule is CC(C)C1=CC(=O)c2c(O)c(C(C)C)cc(O)c2C1=O. The maximum Gasteiger partial charge on any atom is 0.194 e. The molecule has 0 saturated carbocycles. The van der Waals surface area contributed by atoms with Crippen molar-refractivity contribution in [2.75, 3.05) is 0 Å². The van der Waals surface area contributed by atoms with Crippen LogP contribution in [-0.4, -0.2) is 21.8 Å². The fourth-order valence-electron chi connectivity index (χ4n) is 2.44. The van der Waals surface area contributed by atoms with Crippen LogP contribution in [0.25, 0.3) is 0 Å². The fraction of sp³-hybridized carbons (Fsp3) is 0.375.